The molecule has 1 N–H and O–H groups in total. The van der Waals surface area contributed by atoms with Crippen LogP contribution in [0.1, 0.15) is 16.1 Å². The number of aromatic nitrogens is 1. The van der Waals surface area contributed by atoms with E-state index in [1.54, 1.807) is 13.0 Å². The molecule has 0 radical (unpaired) electrons. The summed E-state index contributed by atoms with van der Waals surface area (Å²) in [6, 6.07) is 6.85. The number of pyridine rings is 1. The fraction of sp³-hybridized carbons (Fsp3) is 0.0769. The smallest absolute Gasteiger partial charge is 0.341 e. The van der Waals surface area contributed by atoms with E-state index in [4.69, 9.17) is 9.84 Å². The average molecular weight is 353 g/mol. The minimum atomic E-state index is -1.20. The molecule has 0 fully saturated rings. The van der Waals surface area contributed by atoms with Crippen molar-refractivity contribution >= 4 is 27.6 Å². The highest BCUT2D eigenvalue weighted by molar-refractivity contribution is 9.10. The summed E-state index contributed by atoms with van der Waals surface area (Å²) in [5.74, 6) is -1.20. The zero-order valence-corrected chi connectivity index (χ0v) is 12.3. The quantitative estimate of drug-likeness (QED) is 0.666. The number of benzene rings is 1. The summed E-state index contributed by atoms with van der Waals surface area (Å²) in [5.41, 5.74) is 0.272. The third-order valence-electron chi connectivity index (χ3n) is 2.56. The zero-order chi connectivity index (χ0) is 15.6. The van der Waals surface area contributed by atoms with Gasteiger partial charge in [-0.1, -0.05) is 0 Å². The molecule has 21 heavy (non-hydrogen) atoms. The van der Waals surface area contributed by atoms with Gasteiger partial charge in [-0.05, 0) is 41.1 Å². The van der Waals surface area contributed by atoms with Gasteiger partial charge in [-0.3, -0.25) is 10.1 Å². The molecule has 0 amide bonds. The molecule has 0 spiro atoms. The molecule has 2 aromatic rings. The Morgan fingerprint density at radius 3 is 2.71 bits per heavy atom. The van der Waals surface area contributed by atoms with E-state index in [1.165, 1.54) is 24.3 Å². The first-order valence-corrected chi connectivity index (χ1v) is 6.50. The maximum atomic E-state index is 11.1. The molecule has 0 saturated heterocycles. The second kappa shape index (κ2) is 5.88. The monoisotopic (exact) mass is 352 g/mol. The van der Waals surface area contributed by atoms with Crippen LogP contribution in [0.25, 0.3) is 0 Å². The average Bonchev–Trinajstić information content (AvgIpc) is 2.40. The third kappa shape index (κ3) is 3.34. The molecule has 1 aromatic heterocycles. The number of non-ortho nitro benzene ring substituents is 1. The molecule has 0 unspecified atom stereocenters. The Bertz CT molecular complexity index is 732. The van der Waals surface area contributed by atoms with Crippen LogP contribution in [-0.2, 0) is 0 Å². The van der Waals surface area contributed by atoms with Crippen LogP contribution in [0.3, 0.4) is 0 Å². The van der Waals surface area contributed by atoms with Crippen molar-refractivity contribution in [1.82, 2.24) is 4.98 Å². The Kier molecular flexibility index (Phi) is 4.18. The fourth-order valence-electron chi connectivity index (χ4n) is 1.56. The van der Waals surface area contributed by atoms with Crippen LogP contribution in [0.4, 0.5) is 5.69 Å². The van der Waals surface area contributed by atoms with Gasteiger partial charge >= 0.3 is 5.97 Å². The number of halogens is 1. The Balaban J connectivity index is 2.47. The first-order chi connectivity index (χ1) is 9.88. The van der Waals surface area contributed by atoms with Crippen LogP contribution in [0.15, 0.2) is 34.8 Å². The summed E-state index contributed by atoms with van der Waals surface area (Å²) < 4.78 is 5.88. The van der Waals surface area contributed by atoms with Gasteiger partial charge in [0.05, 0.1) is 15.5 Å². The van der Waals surface area contributed by atoms with Crippen LogP contribution >= 0.6 is 15.9 Å². The van der Waals surface area contributed by atoms with E-state index in [0.717, 1.165) is 0 Å². The van der Waals surface area contributed by atoms with Crippen molar-refractivity contribution in [2.24, 2.45) is 0 Å². The van der Waals surface area contributed by atoms with Crippen molar-refractivity contribution in [1.29, 1.82) is 0 Å². The molecule has 1 aromatic carbocycles. The van der Waals surface area contributed by atoms with Gasteiger partial charge in [0.1, 0.15) is 5.56 Å². The summed E-state index contributed by atoms with van der Waals surface area (Å²) in [5, 5.41) is 19.9. The van der Waals surface area contributed by atoms with Crippen LogP contribution in [0, 0.1) is 17.0 Å². The molecular formula is C13H9BrN2O5. The Morgan fingerprint density at radius 1 is 1.38 bits per heavy atom. The summed E-state index contributed by atoms with van der Waals surface area (Å²) in [4.78, 5) is 25.4. The highest BCUT2D eigenvalue weighted by Gasteiger charge is 2.17. The van der Waals surface area contributed by atoms with Crippen molar-refractivity contribution in [2.75, 3.05) is 0 Å². The lowest BCUT2D eigenvalue weighted by atomic mass is 10.2. The highest BCUT2D eigenvalue weighted by Crippen LogP contribution is 2.33. The number of hydrogen-bond donors (Lipinski definition) is 1. The molecule has 0 atom stereocenters. The Labute approximate surface area is 127 Å². The minimum absolute atomic E-state index is 0.116. The lowest BCUT2D eigenvalue weighted by molar-refractivity contribution is -0.384. The molecule has 0 bridgehead atoms. The van der Waals surface area contributed by atoms with Crippen molar-refractivity contribution in [3.8, 4) is 11.6 Å². The maximum Gasteiger partial charge on any atom is 0.341 e. The lowest BCUT2D eigenvalue weighted by Gasteiger charge is -2.09. The number of hydrogen-bond acceptors (Lipinski definition) is 5. The van der Waals surface area contributed by atoms with Crippen LogP contribution in [-0.4, -0.2) is 21.0 Å². The number of carbonyl (C=O) groups is 1. The summed E-state index contributed by atoms with van der Waals surface area (Å²) in [7, 11) is 0. The summed E-state index contributed by atoms with van der Waals surface area (Å²) >= 11 is 3.19. The van der Waals surface area contributed by atoms with Gasteiger partial charge in [0.2, 0.25) is 5.88 Å². The summed E-state index contributed by atoms with van der Waals surface area (Å²) in [6.45, 7) is 1.68. The molecule has 108 valence electrons. The van der Waals surface area contributed by atoms with Crippen LogP contribution in [0.2, 0.25) is 0 Å². The molecule has 0 aliphatic carbocycles. The lowest BCUT2D eigenvalue weighted by Crippen LogP contribution is -2.03. The maximum absolute atomic E-state index is 11.1. The molecule has 0 aliphatic heterocycles. The highest BCUT2D eigenvalue weighted by atomic mass is 79.9. The van der Waals surface area contributed by atoms with Crippen molar-refractivity contribution < 1.29 is 19.6 Å². The zero-order valence-electron chi connectivity index (χ0n) is 10.7. The SMILES string of the molecule is Cc1ccc(C(=O)O)c(Oc2cc([N+](=O)[O-])ccc2Br)n1. The first-order valence-electron chi connectivity index (χ1n) is 5.71. The number of aromatic carboxylic acids is 1. The predicted octanol–water partition coefficient (Wildman–Crippen LogP) is 3.55. The second-order valence-corrected chi connectivity index (χ2v) is 4.94. The van der Waals surface area contributed by atoms with Gasteiger partial charge in [0.25, 0.3) is 5.69 Å². The van der Waals surface area contributed by atoms with Gasteiger partial charge in [-0.25, -0.2) is 9.78 Å². The van der Waals surface area contributed by atoms with Crippen molar-refractivity contribution in [2.45, 2.75) is 6.92 Å². The molecular weight excluding hydrogens is 344 g/mol. The van der Waals surface area contributed by atoms with E-state index in [0.29, 0.717) is 10.2 Å². The van der Waals surface area contributed by atoms with E-state index >= 15 is 0 Å². The molecule has 2 rings (SSSR count). The van der Waals surface area contributed by atoms with Gasteiger partial charge in [-0.2, -0.15) is 0 Å². The standard InChI is InChI=1S/C13H9BrN2O5/c1-7-2-4-9(13(17)18)12(15-7)21-11-6-8(16(19)20)3-5-10(11)14/h2-6H,1H3,(H,17,18). The number of aryl methyl sites for hydroxylation is 1. The Hall–Kier alpha value is -2.48. The number of nitro benzene ring substituents is 1. The number of nitrogens with zero attached hydrogens (tertiary/aromatic N) is 2. The third-order valence-corrected chi connectivity index (χ3v) is 3.22. The predicted molar refractivity (Wildman–Crippen MR) is 76.8 cm³/mol. The van der Waals surface area contributed by atoms with E-state index in [2.05, 4.69) is 20.9 Å². The van der Waals surface area contributed by atoms with E-state index in [-0.39, 0.29) is 22.9 Å². The molecule has 0 aliphatic rings. The topological polar surface area (TPSA) is 103 Å². The largest absolute Gasteiger partial charge is 0.477 e. The van der Waals surface area contributed by atoms with Gasteiger partial charge < -0.3 is 9.84 Å². The number of nitro groups is 1. The fourth-order valence-corrected chi connectivity index (χ4v) is 1.89. The minimum Gasteiger partial charge on any atom is -0.477 e. The van der Waals surface area contributed by atoms with Gasteiger partial charge in [-0.15, -0.1) is 0 Å². The van der Waals surface area contributed by atoms with E-state index in [9.17, 15) is 14.9 Å². The molecule has 7 nitrogen and oxygen atoms in total. The Morgan fingerprint density at radius 2 is 2.10 bits per heavy atom. The first kappa shape index (κ1) is 14.9. The van der Waals surface area contributed by atoms with Gasteiger partial charge in [0.15, 0.2) is 5.75 Å². The van der Waals surface area contributed by atoms with Crippen molar-refractivity contribution in [3.63, 3.8) is 0 Å². The number of carboxylic acids is 1. The summed E-state index contributed by atoms with van der Waals surface area (Å²) in [6.07, 6.45) is 0. The molecule has 0 saturated carbocycles. The number of carboxylic acid groups (broad SMARTS) is 1. The van der Waals surface area contributed by atoms with Crippen LogP contribution in [0.5, 0.6) is 11.6 Å². The molecule has 1 heterocycles. The van der Waals surface area contributed by atoms with Gasteiger partial charge in [0, 0.05) is 11.8 Å². The van der Waals surface area contributed by atoms with E-state index < -0.39 is 10.9 Å². The number of rotatable bonds is 4. The normalized spacial score (nSPS) is 10.2. The molecule has 8 heteroatoms. The second-order valence-electron chi connectivity index (χ2n) is 4.08. The van der Waals surface area contributed by atoms with Crippen LogP contribution < -0.4 is 4.74 Å². The number of ether oxygens (including phenoxy) is 1. The van der Waals surface area contributed by atoms with Crippen molar-refractivity contribution in [3.05, 3.63) is 56.2 Å². The van der Waals surface area contributed by atoms with E-state index in [1.807, 2.05) is 0 Å².